The molecular formula is C17H21N3O3. The summed E-state index contributed by atoms with van der Waals surface area (Å²) in [7, 11) is 1.52. The first-order chi connectivity index (χ1) is 11.2. The van der Waals surface area contributed by atoms with Crippen molar-refractivity contribution >= 4 is 11.6 Å². The summed E-state index contributed by atoms with van der Waals surface area (Å²) in [4.78, 5) is 20.9. The summed E-state index contributed by atoms with van der Waals surface area (Å²) in [6.45, 7) is 5.11. The Morgan fingerprint density at radius 1 is 1.22 bits per heavy atom. The van der Waals surface area contributed by atoms with Gasteiger partial charge in [-0.1, -0.05) is 0 Å². The molecule has 0 atom stereocenters. The molecule has 6 nitrogen and oxygen atoms in total. The van der Waals surface area contributed by atoms with Gasteiger partial charge in [-0.15, -0.1) is 0 Å². The van der Waals surface area contributed by atoms with Crippen molar-refractivity contribution in [2.24, 2.45) is 0 Å². The lowest BCUT2D eigenvalue weighted by Gasteiger charge is -2.23. The summed E-state index contributed by atoms with van der Waals surface area (Å²) >= 11 is 0. The fraction of sp³-hybridized carbons (Fsp3) is 0.412. The molecule has 0 radical (unpaired) electrons. The number of pyridine rings is 1. The third-order valence-electron chi connectivity index (χ3n) is 4.02. The van der Waals surface area contributed by atoms with Crippen molar-refractivity contribution in [1.29, 1.82) is 0 Å². The van der Waals surface area contributed by atoms with Crippen molar-refractivity contribution < 1.29 is 13.9 Å². The summed E-state index contributed by atoms with van der Waals surface area (Å²) in [6.07, 6.45) is 2.75. The second-order valence-electron chi connectivity index (χ2n) is 5.61. The van der Waals surface area contributed by atoms with Gasteiger partial charge in [-0.05, 0) is 31.5 Å². The molecule has 0 saturated carbocycles. The van der Waals surface area contributed by atoms with Gasteiger partial charge in [0.1, 0.15) is 0 Å². The number of anilines is 1. The Morgan fingerprint density at radius 3 is 2.83 bits per heavy atom. The van der Waals surface area contributed by atoms with E-state index in [1.807, 2.05) is 24.1 Å². The largest absolute Gasteiger partial charge is 0.468 e. The van der Waals surface area contributed by atoms with Gasteiger partial charge < -0.3 is 19.0 Å². The van der Waals surface area contributed by atoms with Crippen LogP contribution in [0.4, 0.5) is 5.69 Å². The molecule has 0 spiro atoms. The molecular weight excluding hydrogens is 294 g/mol. The van der Waals surface area contributed by atoms with Crippen molar-refractivity contribution in [3.8, 4) is 5.95 Å². The fourth-order valence-corrected chi connectivity index (χ4v) is 2.81. The first-order valence-electron chi connectivity index (χ1n) is 7.78. The van der Waals surface area contributed by atoms with Gasteiger partial charge in [-0.3, -0.25) is 9.78 Å². The molecule has 23 heavy (non-hydrogen) atoms. The highest BCUT2D eigenvalue weighted by Crippen LogP contribution is 2.20. The van der Waals surface area contributed by atoms with Gasteiger partial charge in [0.25, 0.3) is 11.9 Å². The summed E-state index contributed by atoms with van der Waals surface area (Å²) < 4.78 is 10.4. The summed E-state index contributed by atoms with van der Waals surface area (Å²) in [5.41, 5.74) is 2.16. The first-order valence-corrected chi connectivity index (χ1v) is 7.78. The number of carbonyl (C=O) groups excluding carboxylic acids is 1. The second kappa shape index (κ2) is 6.73. The Kier molecular flexibility index (Phi) is 4.50. The normalized spacial score (nSPS) is 15.4. The lowest BCUT2D eigenvalue weighted by Crippen LogP contribution is -2.35. The van der Waals surface area contributed by atoms with Crippen LogP contribution in [0.5, 0.6) is 5.95 Å². The zero-order chi connectivity index (χ0) is 16.2. The highest BCUT2D eigenvalue weighted by atomic mass is 16.6. The van der Waals surface area contributed by atoms with Gasteiger partial charge in [-0.25, -0.2) is 0 Å². The van der Waals surface area contributed by atoms with E-state index in [9.17, 15) is 4.79 Å². The number of methoxy groups -OCH3 is 1. The van der Waals surface area contributed by atoms with E-state index in [4.69, 9.17) is 9.15 Å². The van der Waals surface area contributed by atoms with Crippen LogP contribution in [0.1, 0.15) is 22.7 Å². The van der Waals surface area contributed by atoms with Crippen LogP contribution >= 0.6 is 0 Å². The molecule has 0 aromatic carbocycles. The van der Waals surface area contributed by atoms with Crippen LogP contribution in [0, 0.1) is 6.92 Å². The lowest BCUT2D eigenvalue weighted by atomic mass is 10.3. The molecule has 6 heteroatoms. The third kappa shape index (κ3) is 3.47. The zero-order valence-corrected chi connectivity index (χ0v) is 13.5. The van der Waals surface area contributed by atoms with Gasteiger partial charge in [0.05, 0.1) is 7.11 Å². The van der Waals surface area contributed by atoms with Gasteiger partial charge in [0.2, 0.25) is 0 Å². The predicted molar refractivity (Wildman–Crippen MR) is 87.0 cm³/mol. The van der Waals surface area contributed by atoms with Crippen LogP contribution in [0.15, 0.2) is 34.9 Å². The molecule has 0 bridgehead atoms. The maximum absolute atomic E-state index is 12.5. The molecule has 1 amide bonds. The average Bonchev–Trinajstić information content (AvgIpc) is 2.91. The van der Waals surface area contributed by atoms with Gasteiger partial charge >= 0.3 is 0 Å². The van der Waals surface area contributed by atoms with Crippen molar-refractivity contribution in [1.82, 2.24) is 9.88 Å². The zero-order valence-electron chi connectivity index (χ0n) is 13.5. The topological polar surface area (TPSA) is 58.8 Å². The number of hydrogen-bond acceptors (Lipinski definition) is 5. The maximum Gasteiger partial charge on any atom is 0.289 e. The number of ether oxygens (including phenoxy) is 1. The van der Waals surface area contributed by atoms with E-state index in [-0.39, 0.29) is 5.91 Å². The second-order valence-corrected chi connectivity index (χ2v) is 5.61. The lowest BCUT2D eigenvalue weighted by molar-refractivity contribution is 0.0729. The van der Waals surface area contributed by atoms with Gasteiger partial charge in [0, 0.05) is 49.8 Å². The molecule has 0 N–H and O–H groups in total. The van der Waals surface area contributed by atoms with Crippen LogP contribution in [0.2, 0.25) is 0 Å². The number of rotatable bonds is 3. The highest BCUT2D eigenvalue weighted by molar-refractivity contribution is 5.91. The number of aromatic nitrogens is 1. The number of nitrogens with zero attached hydrogens (tertiary/aromatic N) is 3. The molecule has 3 rings (SSSR count). The van der Waals surface area contributed by atoms with Crippen molar-refractivity contribution in [3.05, 3.63) is 41.9 Å². The van der Waals surface area contributed by atoms with Crippen LogP contribution < -0.4 is 9.64 Å². The number of carbonyl (C=O) groups is 1. The molecule has 1 aliphatic rings. The van der Waals surface area contributed by atoms with E-state index in [0.717, 1.165) is 37.4 Å². The Hall–Kier alpha value is -2.50. The molecule has 0 aliphatic carbocycles. The smallest absolute Gasteiger partial charge is 0.289 e. The predicted octanol–water partition coefficient (Wildman–Crippen LogP) is 2.34. The summed E-state index contributed by atoms with van der Waals surface area (Å²) in [5.74, 6) is 0.605. The number of aryl methyl sites for hydroxylation is 1. The van der Waals surface area contributed by atoms with E-state index in [2.05, 4.69) is 16.0 Å². The maximum atomic E-state index is 12.5. The SMILES string of the molecule is COc1ccc(C(=O)N2CCCN(c3ccnc(C)c3)CC2)o1. The summed E-state index contributed by atoms with van der Waals surface area (Å²) in [6, 6.07) is 7.42. The number of amides is 1. The van der Waals surface area contributed by atoms with E-state index < -0.39 is 0 Å². The molecule has 1 aliphatic heterocycles. The first kappa shape index (κ1) is 15.4. The van der Waals surface area contributed by atoms with E-state index in [1.54, 1.807) is 12.1 Å². The van der Waals surface area contributed by atoms with Crippen molar-refractivity contribution in [2.45, 2.75) is 13.3 Å². The number of hydrogen-bond donors (Lipinski definition) is 0. The molecule has 0 unspecified atom stereocenters. The molecule has 2 aromatic rings. The number of furan rings is 1. The monoisotopic (exact) mass is 315 g/mol. The minimum absolute atomic E-state index is 0.0824. The van der Waals surface area contributed by atoms with E-state index in [0.29, 0.717) is 18.3 Å². The minimum atomic E-state index is -0.0824. The molecule has 122 valence electrons. The Morgan fingerprint density at radius 2 is 2.09 bits per heavy atom. The molecule has 1 saturated heterocycles. The highest BCUT2D eigenvalue weighted by Gasteiger charge is 2.23. The van der Waals surface area contributed by atoms with Crippen molar-refractivity contribution in [3.63, 3.8) is 0 Å². The quantitative estimate of drug-likeness (QED) is 0.870. The third-order valence-corrected chi connectivity index (χ3v) is 4.02. The standard InChI is InChI=1S/C17H21N3O3/c1-13-12-14(6-7-18-13)19-8-3-9-20(11-10-19)17(21)15-4-5-16(22-2)23-15/h4-7,12H,3,8-11H2,1-2H3. The van der Waals surface area contributed by atoms with Gasteiger partial charge in [-0.2, -0.15) is 0 Å². The molecule has 2 aromatic heterocycles. The van der Waals surface area contributed by atoms with Crippen LogP contribution in [0.3, 0.4) is 0 Å². The van der Waals surface area contributed by atoms with Crippen LogP contribution in [-0.4, -0.2) is 49.1 Å². The fourth-order valence-electron chi connectivity index (χ4n) is 2.81. The van der Waals surface area contributed by atoms with Crippen LogP contribution in [-0.2, 0) is 0 Å². The Labute approximate surface area is 135 Å². The van der Waals surface area contributed by atoms with Crippen LogP contribution in [0.25, 0.3) is 0 Å². The molecule has 1 fully saturated rings. The Balaban J connectivity index is 1.67. The Bertz CT molecular complexity index is 683. The molecule has 3 heterocycles. The van der Waals surface area contributed by atoms with Crippen molar-refractivity contribution in [2.75, 3.05) is 38.2 Å². The summed E-state index contributed by atoms with van der Waals surface area (Å²) in [5, 5.41) is 0. The van der Waals surface area contributed by atoms with Gasteiger partial charge in [0.15, 0.2) is 5.76 Å². The van der Waals surface area contributed by atoms with E-state index in [1.165, 1.54) is 7.11 Å². The van der Waals surface area contributed by atoms with E-state index >= 15 is 0 Å². The average molecular weight is 315 g/mol. The minimum Gasteiger partial charge on any atom is -0.468 e.